The highest BCUT2D eigenvalue weighted by Crippen LogP contribution is 2.43. The van der Waals surface area contributed by atoms with Crippen LogP contribution in [0.5, 0.6) is 23.0 Å². The second kappa shape index (κ2) is 13.3. The van der Waals surface area contributed by atoms with E-state index in [9.17, 15) is 34.6 Å². The molecule has 0 saturated carbocycles. The Kier molecular flexibility index (Phi) is 9.04. The van der Waals surface area contributed by atoms with E-state index in [1.54, 1.807) is 12.1 Å². The van der Waals surface area contributed by atoms with Crippen molar-refractivity contribution in [1.82, 2.24) is 5.32 Å². The Morgan fingerprint density at radius 3 is 2.26 bits per heavy atom. The van der Waals surface area contributed by atoms with Crippen LogP contribution in [-0.4, -0.2) is 34.8 Å². The minimum absolute atomic E-state index is 0.0209. The van der Waals surface area contributed by atoms with Gasteiger partial charge >= 0.3 is 11.7 Å². The van der Waals surface area contributed by atoms with E-state index in [4.69, 9.17) is 14.2 Å². The van der Waals surface area contributed by atoms with Gasteiger partial charge < -0.3 is 14.2 Å². The molecule has 4 aromatic carbocycles. The number of carbonyl (C=O) groups excluding carboxylic acids is 3. The summed E-state index contributed by atoms with van der Waals surface area (Å²) >= 11 is 3.31. The number of halogens is 1. The summed E-state index contributed by atoms with van der Waals surface area (Å²) in [6.07, 6.45) is 1.24. The minimum Gasteiger partial charge on any atom is -0.493 e. The van der Waals surface area contributed by atoms with Crippen molar-refractivity contribution in [2.75, 3.05) is 12.0 Å². The van der Waals surface area contributed by atoms with Crippen molar-refractivity contribution in [3.63, 3.8) is 0 Å². The highest BCUT2D eigenvalue weighted by molar-refractivity contribution is 9.10. The molecule has 0 aliphatic carbocycles. The van der Waals surface area contributed by atoms with Crippen molar-refractivity contribution < 1.29 is 38.4 Å². The van der Waals surface area contributed by atoms with Crippen molar-refractivity contribution in [2.24, 2.45) is 0 Å². The number of hydrogen-bond donors (Lipinski definition) is 1. The number of anilines is 1. The lowest BCUT2D eigenvalue weighted by Gasteiger charge is -2.26. The third-order valence-corrected chi connectivity index (χ3v) is 7.16. The van der Waals surface area contributed by atoms with Gasteiger partial charge in [-0.2, -0.15) is 0 Å². The molecule has 1 saturated heterocycles. The topological polar surface area (TPSA) is 180 Å². The Morgan fingerprint density at radius 2 is 1.61 bits per heavy atom. The lowest BCUT2D eigenvalue weighted by molar-refractivity contribution is -0.394. The fourth-order valence-corrected chi connectivity index (χ4v) is 4.91. The standard InChI is InChI=1S/C31H21BrN4O10/c1-44-27-15-19(14-24(32)28(27)46-26-12-9-21(35(40)41)16-25(26)36(42)43)13-23-29(37)33-31(39)34(30(23)38)20-7-10-22(11-8-20)45-17-18-5-3-2-4-6-18/h2-16H,17H2,1H3,(H,33,37,39)/b23-13+. The predicted molar refractivity (Wildman–Crippen MR) is 167 cm³/mol. The largest absolute Gasteiger partial charge is 0.493 e. The molecule has 5 rings (SSSR count). The number of barbiturate groups is 1. The number of carbonyl (C=O) groups is 3. The molecule has 0 unspecified atom stereocenters. The first-order chi connectivity index (χ1) is 22.0. The molecule has 0 radical (unpaired) electrons. The first-order valence-electron chi connectivity index (χ1n) is 13.2. The average Bonchev–Trinajstić information content (AvgIpc) is 3.04. The average molecular weight is 689 g/mol. The Balaban J connectivity index is 1.40. The van der Waals surface area contributed by atoms with Crippen molar-refractivity contribution in [2.45, 2.75) is 6.61 Å². The number of benzene rings is 4. The molecule has 0 spiro atoms. The second-order valence-electron chi connectivity index (χ2n) is 9.53. The molecule has 0 atom stereocenters. The molecular formula is C31H21BrN4O10. The van der Waals surface area contributed by atoms with Gasteiger partial charge in [0, 0.05) is 6.07 Å². The molecule has 4 aromatic rings. The van der Waals surface area contributed by atoms with Crippen LogP contribution in [0.2, 0.25) is 0 Å². The van der Waals surface area contributed by atoms with Gasteiger partial charge in [-0.15, -0.1) is 0 Å². The third kappa shape index (κ3) is 6.68. The smallest absolute Gasteiger partial charge is 0.335 e. The molecule has 0 aromatic heterocycles. The highest BCUT2D eigenvalue weighted by Gasteiger charge is 2.37. The van der Waals surface area contributed by atoms with E-state index >= 15 is 0 Å². The molecule has 1 heterocycles. The molecule has 232 valence electrons. The van der Waals surface area contributed by atoms with Crippen LogP contribution in [0.3, 0.4) is 0 Å². The summed E-state index contributed by atoms with van der Waals surface area (Å²) in [5.41, 5.74) is -0.0905. The zero-order valence-corrected chi connectivity index (χ0v) is 25.3. The van der Waals surface area contributed by atoms with Crippen LogP contribution in [-0.2, 0) is 16.2 Å². The zero-order chi connectivity index (χ0) is 33.0. The predicted octanol–water partition coefficient (Wildman–Crippen LogP) is 6.31. The molecule has 46 heavy (non-hydrogen) atoms. The van der Waals surface area contributed by atoms with Crippen molar-refractivity contribution in [1.29, 1.82) is 0 Å². The van der Waals surface area contributed by atoms with E-state index in [0.717, 1.165) is 28.7 Å². The van der Waals surface area contributed by atoms with Crippen LogP contribution in [0, 0.1) is 20.2 Å². The van der Waals surface area contributed by atoms with Gasteiger partial charge in [-0.05, 0) is 75.6 Å². The van der Waals surface area contributed by atoms with E-state index in [1.165, 1.54) is 37.5 Å². The van der Waals surface area contributed by atoms with Crippen LogP contribution < -0.4 is 24.4 Å². The maximum absolute atomic E-state index is 13.4. The molecule has 1 fully saturated rings. The fourth-order valence-electron chi connectivity index (χ4n) is 4.37. The number of hydrogen-bond acceptors (Lipinski definition) is 10. The van der Waals surface area contributed by atoms with Gasteiger partial charge in [0.2, 0.25) is 5.75 Å². The summed E-state index contributed by atoms with van der Waals surface area (Å²) in [7, 11) is 1.29. The normalized spacial score (nSPS) is 13.7. The van der Waals surface area contributed by atoms with Crippen LogP contribution in [0.25, 0.3) is 6.08 Å². The Labute approximate surface area is 268 Å². The molecule has 4 amide bonds. The summed E-state index contributed by atoms with van der Waals surface area (Å²) in [5, 5.41) is 24.8. The molecule has 0 bridgehead atoms. The van der Waals surface area contributed by atoms with Crippen LogP contribution >= 0.6 is 15.9 Å². The maximum atomic E-state index is 13.4. The summed E-state index contributed by atoms with van der Waals surface area (Å²) in [5.74, 6) is -1.59. The van der Waals surface area contributed by atoms with Gasteiger partial charge in [0.15, 0.2) is 11.5 Å². The zero-order valence-electron chi connectivity index (χ0n) is 23.7. The third-order valence-electron chi connectivity index (χ3n) is 6.57. The number of rotatable bonds is 10. The lowest BCUT2D eigenvalue weighted by atomic mass is 10.1. The van der Waals surface area contributed by atoms with Gasteiger partial charge in [0.1, 0.15) is 17.9 Å². The number of nitrogens with zero attached hydrogens (tertiary/aromatic N) is 3. The van der Waals surface area contributed by atoms with E-state index in [1.807, 2.05) is 30.3 Å². The first kappa shape index (κ1) is 31.3. The van der Waals surface area contributed by atoms with Gasteiger partial charge in [-0.25, -0.2) is 9.69 Å². The molecule has 15 heteroatoms. The highest BCUT2D eigenvalue weighted by atomic mass is 79.9. The number of ether oxygens (including phenoxy) is 3. The number of nitro groups is 2. The molecule has 1 aliphatic heterocycles. The summed E-state index contributed by atoms with van der Waals surface area (Å²) in [6.45, 7) is 0.318. The van der Waals surface area contributed by atoms with E-state index in [-0.39, 0.29) is 38.5 Å². The van der Waals surface area contributed by atoms with Crippen LogP contribution in [0.1, 0.15) is 11.1 Å². The number of non-ortho nitro benzene ring substituents is 1. The van der Waals surface area contributed by atoms with Crippen molar-refractivity contribution in [3.05, 3.63) is 126 Å². The number of imide groups is 2. The maximum Gasteiger partial charge on any atom is 0.335 e. The summed E-state index contributed by atoms with van der Waals surface area (Å²) < 4.78 is 17.1. The van der Waals surface area contributed by atoms with Crippen LogP contribution in [0.4, 0.5) is 21.9 Å². The van der Waals surface area contributed by atoms with Gasteiger partial charge in [-0.3, -0.25) is 35.1 Å². The number of nitro benzene ring substituents is 2. The Morgan fingerprint density at radius 1 is 0.891 bits per heavy atom. The quantitative estimate of drug-likeness (QED) is 0.0858. The fraction of sp³-hybridized carbons (Fsp3) is 0.0645. The molecular weight excluding hydrogens is 668 g/mol. The van der Waals surface area contributed by atoms with Gasteiger partial charge in [0.05, 0.1) is 33.2 Å². The van der Waals surface area contributed by atoms with E-state index < -0.39 is 39.1 Å². The van der Waals surface area contributed by atoms with E-state index in [2.05, 4.69) is 21.2 Å². The molecule has 14 nitrogen and oxygen atoms in total. The SMILES string of the molecule is COc1cc(/C=C2\C(=O)NC(=O)N(c3ccc(OCc4ccccc4)cc3)C2=O)cc(Br)c1Oc1ccc([N+](=O)[O-])cc1[N+](=O)[O-]. The van der Waals surface area contributed by atoms with Gasteiger partial charge in [0.25, 0.3) is 17.5 Å². The lowest BCUT2D eigenvalue weighted by Crippen LogP contribution is -2.54. The van der Waals surface area contributed by atoms with Gasteiger partial charge in [-0.1, -0.05) is 30.3 Å². The van der Waals surface area contributed by atoms with Crippen LogP contribution in [0.15, 0.2) is 95.0 Å². The monoisotopic (exact) mass is 688 g/mol. The number of nitrogens with one attached hydrogen (secondary N) is 1. The summed E-state index contributed by atoms with van der Waals surface area (Å²) in [4.78, 5) is 60.7. The van der Waals surface area contributed by atoms with E-state index in [0.29, 0.717) is 12.4 Å². The first-order valence-corrected chi connectivity index (χ1v) is 14.0. The minimum atomic E-state index is -0.933. The van der Waals surface area contributed by atoms with Crippen molar-refractivity contribution >= 4 is 56.9 Å². The number of amides is 4. The number of methoxy groups -OCH3 is 1. The Bertz CT molecular complexity index is 1910. The second-order valence-corrected chi connectivity index (χ2v) is 10.4. The van der Waals surface area contributed by atoms with Crippen molar-refractivity contribution in [3.8, 4) is 23.0 Å². The summed E-state index contributed by atoms with van der Waals surface area (Å²) in [6, 6.07) is 20.5. The molecule has 1 N–H and O–H groups in total. The Hall–Kier alpha value is -6.09. The molecule has 1 aliphatic rings. The number of urea groups is 1.